The average molecular weight is 198 g/mol. The second-order valence-corrected chi connectivity index (χ2v) is 4.66. The average Bonchev–Trinajstić information content (AvgIpc) is 2.59. The molecule has 0 aliphatic heterocycles. The van der Waals surface area contributed by atoms with Crippen LogP contribution in [0, 0.1) is 6.92 Å². The van der Waals surface area contributed by atoms with Crippen molar-refractivity contribution in [3.63, 3.8) is 0 Å². The maximum absolute atomic E-state index is 10.3. The van der Waals surface area contributed by atoms with Gasteiger partial charge in [-0.2, -0.15) is 0 Å². The summed E-state index contributed by atoms with van der Waals surface area (Å²) in [5, 5.41) is 10.3. The molecule has 0 radical (unpaired) electrons. The highest BCUT2D eigenvalue weighted by Gasteiger charge is 2.39. The molecule has 1 saturated carbocycles. The van der Waals surface area contributed by atoms with Gasteiger partial charge in [0.15, 0.2) is 0 Å². The van der Waals surface area contributed by atoms with E-state index in [2.05, 4.69) is 4.98 Å². The molecule has 1 aliphatic carbocycles. The minimum atomic E-state index is -0.690. The number of thiazole rings is 1. The summed E-state index contributed by atoms with van der Waals surface area (Å²) >= 11 is 1.53. The molecule has 0 amide bonds. The van der Waals surface area contributed by atoms with Crippen LogP contribution in [0.1, 0.15) is 29.8 Å². The van der Waals surface area contributed by atoms with Gasteiger partial charge in [-0.3, -0.25) is 0 Å². The van der Waals surface area contributed by atoms with Crippen LogP contribution in [0.15, 0.2) is 5.51 Å². The molecule has 2 atom stereocenters. The zero-order valence-corrected chi connectivity index (χ0v) is 8.47. The Hall–Kier alpha value is -0.450. The Labute approximate surface area is 81.6 Å². The van der Waals surface area contributed by atoms with Crippen LogP contribution in [0.5, 0.6) is 0 Å². The molecule has 72 valence electrons. The maximum atomic E-state index is 10.3. The van der Waals surface area contributed by atoms with Crippen molar-refractivity contribution in [2.24, 2.45) is 5.73 Å². The molecule has 0 aromatic carbocycles. The molecule has 3 N–H and O–H groups in total. The Morgan fingerprint density at radius 2 is 2.54 bits per heavy atom. The van der Waals surface area contributed by atoms with E-state index in [9.17, 15) is 5.11 Å². The normalized spacial score (nSPS) is 33.9. The lowest BCUT2D eigenvalue weighted by Gasteiger charge is -2.21. The van der Waals surface area contributed by atoms with E-state index in [0.717, 1.165) is 23.4 Å². The van der Waals surface area contributed by atoms with Crippen molar-refractivity contribution >= 4 is 11.3 Å². The molecule has 0 bridgehead atoms. The SMILES string of the molecule is Cc1ncsc1C1(O)CCC(N)C1. The smallest absolute Gasteiger partial charge is 0.102 e. The van der Waals surface area contributed by atoms with E-state index >= 15 is 0 Å². The molecule has 0 saturated heterocycles. The number of aromatic nitrogens is 1. The Kier molecular flexibility index (Phi) is 2.14. The van der Waals surface area contributed by atoms with Crippen LogP contribution in [-0.2, 0) is 5.60 Å². The van der Waals surface area contributed by atoms with Crippen molar-refractivity contribution in [2.75, 3.05) is 0 Å². The second-order valence-electron chi connectivity index (χ2n) is 3.80. The fourth-order valence-corrected chi connectivity index (χ4v) is 2.96. The minimum absolute atomic E-state index is 0.145. The van der Waals surface area contributed by atoms with Crippen molar-refractivity contribution in [3.05, 3.63) is 16.1 Å². The standard InChI is InChI=1S/C9H14N2OS/c1-6-8(13-5-11-6)9(12)3-2-7(10)4-9/h5,7,12H,2-4,10H2,1H3. The Morgan fingerprint density at radius 3 is 3.00 bits per heavy atom. The van der Waals surface area contributed by atoms with Crippen LogP contribution in [-0.4, -0.2) is 16.1 Å². The van der Waals surface area contributed by atoms with Gasteiger partial charge in [-0.1, -0.05) is 0 Å². The number of hydrogen-bond donors (Lipinski definition) is 2. The first-order chi connectivity index (χ1) is 6.12. The lowest BCUT2D eigenvalue weighted by Crippen LogP contribution is -2.25. The van der Waals surface area contributed by atoms with E-state index < -0.39 is 5.60 Å². The number of aliphatic hydroxyl groups is 1. The van der Waals surface area contributed by atoms with Crippen LogP contribution in [0.4, 0.5) is 0 Å². The molecule has 1 aromatic rings. The van der Waals surface area contributed by atoms with Crippen molar-refractivity contribution in [1.82, 2.24) is 4.98 Å². The van der Waals surface area contributed by atoms with Gasteiger partial charge in [-0.25, -0.2) is 4.98 Å². The van der Waals surface area contributed by atoms with E-state index in [-0.39, 0.29) is 6.04 Å². The molecule has 1 heterocycles. The van der Waals surface area contributed by atoms with E-state index in [4.69, 9.17) is 5.73 Å². The molecule has 2 unspecified atom stereocenters. The summed E-state index contributed by atoms with van der Waals surface area (Å²) in [6.45, 7) is 1.94. The Morgan fingerprint density at radius 1 is 1.77 bits per heavy atom. The lowest BCUT2D eigenvalue weighted by molar-refractivity contribution is 0.0461. The van der Waals surface area contributed by atoms with Crippen molar-refractivity contribution in [2.45, 2.75) is 37.8 Å². The molecule has 1 aromatic heterocycles. The van der Waals surface area contributed by atoms with E-state index in [1.165, 1.54) is 11.3 Å². The van der Waals surface area contributed by atoms with Crippen LogP contribution < -0.4 is 5.73 Å². The Bertz CT molecular complexity index is 312. The molecule has 3 nitrogen and oxygen atoms in total. The predicted molar refractivity (Wildman–Crippen MR) is 52.6 cm³/mol. The molecule has 2 rings (SSSR count). The van der Waals surface area contributed by atoms with Crippen LogP contribution >= 0.6 is 11.3 Å². The third-order valence-corrected chi connectivity index (χ3v) is 3.82. The van der Waals surface area contributed by atoms with Gasteiger partial charge < -0.3 is 10.8 Å². The number of nitrogens with zero attached hydrogens (tertiary/aromatic N) is 1. The quantitative estimate of drug-likeness (QED) is 0.711. The Balaban J connectivity index is 2.30. The first-order valence-corrected chi connectivity index (χ1v) is 5.38. The first-order valence-electron chi connectivity index (χ1n) is 4.50. The third-order valence-electron chi connectivity index (χ3n) is 2.70. The summed E-state index contributed by atoms with van der Waals surface area (Å²) < 4.78 is 0. The van der Waals surface area contributed by atoms with Crippen LogP contribution in [0.25, 0.3) is 0 Å². The summed E-state index contributed by atoms with van der Waals surface area (Å²) in [5.41, 5.74) is 7.83. The van der Waals surface area contributed by atoms with E-state index in [1.807, 2.05) is 6.92 Å². The molecule has 1 aliphatic rings. The summed E-state index contributed by atoms with van der Waals surface area (Å²) in [6, 6.07) is 0.145. The monoisotopic (exact) mass is 198 g/mol. The van der Waals surface area contributed by atoms with Gasteiger partial charge in [-0.05, 0) is 26.2 Å². The molecule has 1 fully saturated rings. The topological polar surface area (TPSA) is 59.1 Å². The molecule has 4 heteroatoms. The van der Waals surface area contributed by atoms with Gasteiger partial charge in [0.25, 0.3) is 0 Å². The fourth-order valence-electron chi connectivity index (χ4n) is 2.02. The minimum Gasteiger partial charge on any atom is -0.384 e. The summed E-state index contributed by atoms with van der Waals surface area (Å²) in [5.74, 6) is 0. The largest absolute Gasteiger partial charge is 0.384 e. The highest BCUT2D eigenvalue weighted by atomic mass is 32.1. The molecular weight excluding hydrogens is 184 g/mol. The number of nitrogens with two attached hydrogens (primary N) is 1. The maximum Gasteiger partial charge on any atom is 0.102 e. The number of aryl methyl sites for hydroxylation is 1. The van der Waals surface area contributed by atoms with Gasteiger partial charge in [0.1, 0.15) is 5.60 Å². The van der Waals surface area contributed by atoms with Crippen LogP contribution in [0.2, 0.25) is 0 Å². The van der Waals surface area contributed by atoms with Crippen molar-refractivity contribution in [1.29, 1.82) is 0 Å². The molecular formula is C9H14N2OS. The zero-order chi connectivity index (χ0) is 9.47. The van der Waals surface area contributed by atoms with Gasteiger partial charge in [0, 0.05) is 6.04 Å². The number of rotatable bonds is 1. The van der Waals surface area contributed by atoms with Crippen molar-refractivity contribution in [3.8, 4) is 0 Å². The van der Waals surface area contributed by atoms with Gasteiger partial charge in [0.2, 0.25) is 0 Å². The predicted octanol–water partition coefficient (Wildman–Crippen LogP) is 1.15. The van der Waals surface area contributed by atoms with Gasteiger partial charge in [0.05, 0.1) is 16.1 Å². The van der Waals surface area contributed by atoms with E-state index in [0.29, 0.717) is 6.42 Å². The number of hydrogen-bond acceptors (Lipinski definition) is 4. The summed E-state index contributed by atoms with van der Waals surface area (Å²) in [4.78, 5) is 5.15. The van der Waals surface area contributed by atoms with Crippen LogP contribution in [0.3, 0.4) is 0 Å². The van der Waals surface area contributed by atoms with Gasteiger partial charge >= 0.3 is 0 Å². The lowest BCUT2D eigenvalue weighted by atomic mass is 9.99. The van der Waals surface area contributed by atoms with Crippen molar-refractivity contribution < 1.29 is 5.11 Å². The summed E-state index contributed by atoms with van der Waals surface area (Å²) in [7, 11) is 0. The zero-order valence-electron chi connectivity index (χ0n) is 7.66. The molecule has 0 spiro atoms. The second kappa shape index (κ2) is 3.04. The van der Waals surface area contributed by atoms with Gasteiger partial charge in [-0.15, -0.1) is 11.3 Å². The highest BCUT2D eigenvalue weighted by Crippen LogP contribution is 2.40. The van der Waals surface area contributed by atoms with E-state index in [1.54, 1.807) is 5.51 Å². The summed E-state index contributed by atoms with van der Waals surface area (Å²) in [6.07, 6.45) is 2.36. The first kappa shape index (κ1) is 9.12. The highest BCUT2D eigenvalue weighted by molar-refractivity contribution is 7.09. The third kappa shape index (κ3) is 1.49. The molecule has 13 heavy (non-hydrogen) atoms. The fraction of sp³-hybridized carbons (Fsp3) is 0.667.